The molecule has 1 saturated heterocycles. The third kappa shape index (κ3) is 4.53. The number of hydrogen-bond donors (Lipinski definition) is 1. The SMILES string of the molecule is N#Cc1ccc(CS(=O)(=O)NC2CCCSC2)cc1. The van der Waals surface area contributed by atoms with Gasteiger partial charge in [0.05, 0.1) is 17.4 Å². The van der Waals surface area contributed by atoms with Crippen LogP contribution >= 0.6 is 11.8 Å². The van der Waals surface area contributed by atoms with E-state index in [0.29, 0.717) is 11.1 Å². The molecule has 0 aromatic heterocycles. The van der Waals surface area contributed by atoms with Gasteiger partial charge in [0.15, 0.2) is 0 Å². The summed E-state index contributed by atoms with van der Waals surface area (Å²) >= 11 is 1.79. The van der Waals surface area contributed by atoms with Gasteiger partial charge in [-0.3, -0.25) is 0 Å². The molecule has 0 amide bonds. The van der Waals surface area contributed by atoms with Gasteiger partial charge in [-0.2, -0.15) is 17.0 Å². The lowest BCUT2D eigenvalue weighted by molar-refractivity contribution is 0.542. The number of nitrogens with one attached hydrogen (secondary N) is 1. The zero-order chi connectivity index (χ0) is 13.7. The summed E-state index contributed by atoms with van der Waals surface area (Å²) in [6, 6.07) is 8.73. The van der Waals surface area contributed by atoms with Crippen molar-refractivity contribution in [3.05, 3.63) is 35.4 Å². The van der Waals surface area contributed by atoms with Crippen molar-refractivity contribution in [1.29, 1.82) is 5.26 Å². The van der Waals surface area contributed by atoms with Crippen LogP contribution in [0.2, 0.25) is 0 Å². The van der Waals surface area contributed by atoms with E-state index in [0.717, 1.165) is 24.3 Å². The molecule has 0 aliphatic carbocycles. The predicted octanol–water partition coefficient (Wildman–Crippen LogP) is 1.87. The average Bonchev–Trinajstić information content (AvgIpc) is 2.39. The smallest absolute Gasteiger partial charge is 0.212 e. The van der Waals surface area contributed by atoms with Crippen molar-refractivity contribution in [2.24, 2.45) is 0 Å². The van der Waals surface area contributed by atoms with E-state index in [2.05, 4.69) is 4.72 Å². The van der Waals surface area contributed by atoms with E-state index < -0.39 is 10.0 Å². The molecule has 4 nitrogen and oxygen atoms in total. The largest absolute Gasteiger partial charge is 0.216 e. The number of sulfonamides is 1. The van der Waals surface area contributed by atoms with Crippen LogP contribution in [0.5, 0.6) is 0 Å². The van der Waals surface area contributed by atoms with Crippen LogP contribution in [0, 0.1) is 11.3 Å². The topological polar surface area (TPSA) is 70.0 Å². The minimum Gasteiger partial charge on any atom is -0.212 e. The van der Waals surface area contributed by atoms with Gasteiger partial charge in [0.2, 0.25) is 10.0 Å². The lowest BCUT2D eigenvalue weighted by Crippen LogP contribution is -2.38. The first-order chi connectivity index (χ1) is 9.09. The van der Waals surface area contributed by atoms with Gasteiger partial charge in [0, 0.05) is 11.8 Å². The zero-order valence-corrected chi connectivity index (χ0v) is 12.1. The van der Waals surface area contributed by atoms with Crippen LogP contribution in [0.25, 0.3) is 0 Å². The molecule has 0 bridgehead atoms. The fourth-order valence-electron chi connectivity index (χ4n) is 2.02. The van der Waals surface area contributed by atoms with Gasteiger partial charge in [-0.15, -0.1) is 0 Å². The molecule has 1 unspecified atom stereocenters. The maximum atomic E-state index is 12.0. The fourth-order valence-corrected chi connectivity index (χ4v) is 4.63. The number of thioether (sulfide) groups is 1. The Labute approximate surface area is 118 Å². The van der Waals surface area contributed by atoms with E-state index in [9.17, 15) is 8.42 Å². The fraction of sp³-hybridized carbons (Fsp3) is 0.462. The van der Waals surface area contributed by atoms with E-state index in [1.54, 1.807) is 36.0 Å². The second-order valence-corrected chi connectivity index (χ2v) is 7.50. The third-order valence-corrected chi connectivity index (χ3v) is 5.57. The summed E-state index contributed by atoms with van der Waals surface area (Å²) in [5, 5.41) is 8.69. The first-order valence-corrected chi connectivity index (χ1v) is 8.96. The summed E-state index contributed by atoms with van der Waals surface area (Å²) in [5.74, 6) is 1.94. The van der Waals surface area contributed by atoms with Crippen LogP contribution in [0.15, 0.2) is 24.3 Å². The first-order valence-electron chi connectivity index (χ1n) is 6.16. The molecule has 1 atom stereocenters. The van der Waals surface area contributed by atoms with Crippen LogP contribution in [0.4, 0.5) is 0 Å². The molecule has 19 heavy (non-hydrogen) atoms. The summed E-state index contributed by atoms with van der Waals surface area (Å²) in [6.07, 6.45) is 1.98. The second-order valence-electron chi connectivity index (χ2n) is 4.60. The minimum atomic E-state index is -3.30. The first kappa shape index (κ1) is 14.4. The van der Waals surface area contributed by atoms with Crippen molar-refractivity contribution >= 4 is 21.8 Å². The van der Waals surface area contributed by atoms with Gasteiger partial charge < -0.3 is 0 Å². The molecule has 1 aliphatic rings. The highest BCUT2D eigenvalue weighted by atomic mass is 32.2. The molecule has 1 aromatic rings. The lowest BCUT2D eigenvalue weighted by atomic mass is 10.2. The van der Waals surface area contributed by atoms with Crippen LogP contribution in [-0.4, -0.2) is 26.0 Å². The lowest BCUT2D eigenvalue weighted by Gasteiger charge is -2.22. The molecule has 2 rings (SSSR count). The molecule has 1 fully saturated rings. The molecule has 6 heteroatoms. The van der Waals surface area contributed by atoms with Crippen molar-refractivity contribution in [2.75, 3.05) is 11.5 Å². The van der Waals surface area contributed by atoms with Crippen LogP contribution in [0.3, 0.4) is 0 Å². The molecule has 1 aromatic carbocycles. The quantitative estimate of drug-likeness (QED) is 0.921. The van der Waals surface area contributed by atoms with Crippen molar-refractivity contribution in [2.45, 2.75) is 24.6 Å². The Morgan fingerprint density at radius 1 is 1.37 bits per heavy atom. The third-order valence-electron chi connectivity index (χ3n) is 2.95. The summed E-state index contributed by atoms with van der Waals surface area (Å²) in [5.41, 5.74) is 1.24. The normalized spacial score (nSPS) is 19.8. The van der Waals surface area contributed by atoms with E-state index in [1.165, 1.54) is 0 Å². The van der Waals surface area contributed by atoms with Crippen LogP contribution in [-0.2, 0) is 15.8 Å². The minimum absolute atomic E-state index is 0.0279. The van der Waals surface area contributed by atoms with E-state index in [4.69, 9.17) is 5.26 Å². The Kier molecular flexibility index (Phi) is 4.86. The number of rotatable bonds is 4. The summed E-state index contributed by atoms with van der Waals surface area (Å²) in [7, 11) is -3.30. The van der Waals surface area contributed by atoms with Gasteiger partial charge in [-0.05, 0) is 36.3 Å². The molecule has 0 spiro atoms. The highest BCUT2D eigenvalue weighted by Crippen LogP contribution is 2.18. The van der Waals surface area contributed by atoms with E-state index in [1.807, 2.05) is 6.07 Å². The molecule has 1 aliphatic heterocycles. The summed E-state index contributed by atoms with van der Waals surface area (Å²) in [4.78, 5) is 0. The Balaban J connectivity index is 1.97. The Hall–Kier alpha value is -1.03. The Bertz CT molecular complexity index is 555. The summed E-state index contributed by atoms with van der Waals surface area (Å²) < 4.78 is 26.8. The summed E-state index contributed by atoms with van der Waals surface area (Å²) in [6.45, 7) is 0. The van der Waals surface area contributed by atoms with Gasteiger partial charge in [0.1, 0.15) is 0 Å². The van der Waals surface area contributed by atoms with Gasteiger partial charge in [0.25, 0.3) is 0 Å². The van der Waals surface area contributed by atoms with Crippen molar-refractivity contribution in [3.8, 4) is 6.07 Å². The van der Waals surface area contributed by atoms with Crippen LogP contribution in [0.1, 0.15) is 24.0 Å². The molecule has 1 heterocycles. The van der Waals surface area contributed by atoms with Gasteiger partial charge >= 0.3 is 0 Å². The Morgan fingerprint density at radius 3 is 2.68 bits per heavy atom. The second kappa shape index (κ2) is 6.42. The van der Waals surface area contributed by atoms with Crippen molar-refractivity contribution in [1.82, 2.24) is 4.72 Å². The van der Waals surface area contributed by atoms with Crippen LogP contribution < -0.4 is 4.72 Å². The molecule has 1 N–H and O–H groups in total. The highest BCUT2D eigenvalue weighted by molar-refractivity contribution is 7.99. The van der Waals surface area contributed by atoms with Gasteiger partial charge in [-0.1, -0.05) is 12.1 Å². The van der Waals surface area contributed by atoms with Crippen molar-refractivity contribution in [3.63, 3.8) is 0 Å². The number of hydrogen-bond acceptors (Lipinski definition) is 4. The molecule has 0 saturated carbocycles. The highest BCUT2D eigenvalue weighted by Gasteiger charge is 2.20. The molecular formula is C13H16N2O2S2. The monoisotopic (exact) mass is 296 g/mol. The number of nitrogens with zero attached hydrogens (tertiary/aromatic N) is 1. The average molecular weight is 296 g/mol. The number of nitriles is 1. The molecule has 102 valence electrons. The number of benzene rings is 1. The van der Waals surface area contributed by atoms with E-state index in [-0.39, 0.29) is 11.8 Å². The maximum absolute atomic E-state index is 12.0. The van der Waals surface area contributed by atoms with Gasteiger partial charge in [-0.25, -0.2) is 13.1 Å². The maximum Gasteiger partial charge on any atom is 0.216 e. The molecular weight excluding hydrogens is 280 g/mol. The molecule has 0 radical (unpaired) electrons. The van der Waals surface area contributed by atoms with E-state index >= 15 is 0 Å². The predicted molar refractivity (Wildman–Crippen MR) is 77.3 cm³/mol. The van der Waals surface area contributed by atoms with Crippen molar-refractivity contribution < 1.29 is 8.42 Å². The standard InChI is InChI=1S/C13H16N2O2S2/c14-8-11-3-5-12(6-4-11)10-19(16,17)15-13-2-1-7-18-9-13/h3-6,13,15H,1-2,7,9-10H2. The zero-order valence-electron chi connectivity index (χ0n) is 10.5. The Morgan fingerprint density at radius 2 is 2.11 bits per heavy atom.